The van der Waals surface area contributed by atoms with E-state index >= 15 is 0 Å². The van der Waals surface area contributed by atoms with Crippen molar-refractivity contribution in [3.63, 3.8) is 0 Å². The molecule has 0 aliphatic carbocycles. The maximum absolute atomic E-state index is 11.4. The molecule has 1 rings (SSSR count). The smallest absolute Gasteiger partial charge is 0.250 e. The summed E-state index contributed by atoms with van der Waals surface area (Å²) in [4.78, 5) is 11.4. The highest BCUT2D eigenvalue weighted by Crippen LogP contribution is 2.20. The van der Waals surface area contributed by atoms with E-state index in [2.05, 4.69) is 13.2 Å². The Morgan fingerprint density at radius 1 is 1.56 bits per heavy atom. The Kier molecular flexibility index (Phi) is 4.03. The second-order valence-corrected chi connectivity index (χ2v) is 3.42. The summed E-state index contributed by atoms with van der Waals surface area (Å²) >= 11 is 0. The van der Waals surface area contributed by atoms with Gasteiger partial charge < -0.3 is 9.67 Å². The fraction of sp³-hybridized carbons (Fsp3) is 0.154. The maximum atomic E-state index is 11.4. The molecular formula is C13H15NO2. The molecule has 1 aromatic rings. The van der Waals surface area contributed by atoms with E-state index in [9.17, 15) is 9.90 Å². The number of rotatable bonds is 4. The third-order valence-electron chi connectivity index (χ3n) is 2.31. The molecule has 84 valence electrons. The first-order valence-corrected chi connectivity index (χ1v) is 4.90. The molecule has 0 fully saturated rings. The third-order valence-corrected chi connectivity index (χ3v) is 2.31. The van der Waals surface area contributed by atoms with Gasteiger partial charge in [0.05, 0.1) is 0 Å². The Morgan fingerprint density at radius 3 is 2.75 bits per heavy atom. The van der Waals surface area contributed by atoms with Gasteiger partial charge in [0.15, 0.2) is 0 Å². The summed E-state index contributed by atoms with van der Waals surface area (Å²) in [5.41, 5.74) is 1.01. The lowest BCUT2D eigenvalue weighted by Crippen LogP contribution is -2.16. The molecule has 0 spiro atoms. The number of allylic oxidation sites excluding steroid dienone is 2. The topological polar surface area (TPSA) is 42.2 Å². The van der Waals surface area contributed by atoms with Gasteiger partial charge in [-0.25, -0.2) is 0 Å². The highest BCUT2D eigenvalue weighted by molar-refractivity contribution is 5.32. The second-order valence-electron chi connectivity index (χ2n) is 3.42. The van der Waals surface area contributed by atoms with Crippen molar-refractivity contribution in [2.24, 2.45) is 7.05 Å². The largest absolute Gasteiger partial charge is 0.384 e. The molecule has 1 N–H and O–H groups in total. The van der Waals surface area contributed by atoms with Crippen molar-refractivity contribution in [1.82, 2.24) is 4.57 Å². The van der Waals surface area contributed by atoms with Crippen molar-refractivity contribution in [3.8, 4) is 0 Å². The zero-order chi connectivity index (χ0) is 12.1. The van der Waals surface area contributed by atoms with E-state index < -0.39 is 6.10 Å². The summed E-state index contributed by atoms with van der Waals surface area (Å²) in [5, 5.41) is 9.99. The van der Waals surface area contributed by atoms with Crippen LogP contribution in [0, 0.1) is 0 Å². The Balaban J connectivity index is 3.13. The number of hydrogen-bond acceptors (Lipinski definition) is 2. The van der Waals surface area contributed by atoms with Crippen LogP contribution in [-0.2, 0) is 7.05 Å². The Hall–Kier alpha value is -1.87. The maximum Gasteiger partial charge on any atom is 0.250 e. The van der Waals surface area contributed by atoms with E-state index in [0.717, 1.165) is 0 Å². The molecule has 0 saturated carbocycles. The zero-order valence-corrected chi connectivity index (χ0v) is 9.26. The predicted molar refractivity (Wildman–Crippen MR) is 65.1 cm³/mol. The molecule has 0 aromatic carbocycles. The van der Waals surface area contributed by atoms with Crippen LogP contribution in [0.1, 0.15) is 11.7 Å². The van der Waals surface area contributed by atoms with Crippen LogP contribution in [0.25, 0.3) is 0 Å². The first kappa shape index (κ1) is 12.2. The molecule has 0 saturated heterocycles. The first-order chi connectivity index (χ1) is 7.60. The summed E-state index contributed by atoms with van der Waals surface area (Å²) in [6.45, 7) is 7.16. The van der Waals surface area contributed by atoms with E-state index in [1.807, 2.05) is 0 Å². The minimum absolute atomic E-state index is 0.154. The Bertz CT molecular complexity index is 483. The van der Waals surface area contributed by atoms with E-state index in [0.29, 0.717) is 11.1 Å². The van der Waals surface area contributed by atoms with Gasteiger partial charge in [-0.1, -0.05) is 31.4 Å². The molecule has 0 aliphatic rings. The van der Waals surface area contributed by atoms with Gasteiger partial charge in [-0.2, -0.15) is 0 Å². The molecule has 0 radical (unpaired) electrons. The van der Waals surface area contributed by atoms with E-state index in [1.165, 1.54) is 10.6 Å². The normalized spacial score (nSPS) is 13.2. The van der Waals surface area contributed by atoms with Crippen molar-refractivity contribution in [2.75, 3.05) is 0 Å². The van der Waals surface area contributed by atoms with Gasteiger partial charge in [0.2, 0.25) is 0 Å². The van der Waals surface area contributed by atoms with Crippen LogP contribution in [0.2, 0.25) is 0 Å². The summed E-state index contributed by atoms with van der Waals surface area (Å²) in [6, 6.07) is 3.11. The molecule has 16 heavy (non-hydrogen) atoms. The lowest BCUT2D eigenvalue weighted by atomic mass is 10.0. The van der Waals surface area contributed by atoms with Crippen LogP contribution >= 0.6 is 0 Å². The van der Waals surface area contributed by atoms with Gasteiger partial charge in [0.25, 0.3) is 5.56 Å². The molecule has 3 heteroatoms. The molecule has 0 aliphatic heterocycles. The number of aliphatic hydroxyl groups excluding tert-OH is 1. The Morgan fingerprint density at radius 2 is 2.25 bits per heavy atom. The molecule has 1 aromatic heterocycles. The van der Waals surface area contributed by atoms with Gasteiger partial charge in [0, 0.05) is 19.3 Å². The van der Waals surface area contributed by atoms with Crippen molar-refractivity contribution in [1.29, 1.82) is 0 Å². The van der Waals surface area contributed by atoms with Crippen LogP contribution in [0.3, 0.4) is 0 Å². The van der Waals surface area contributed by atoms with Gasteiger partial charge in [-0.15, -0.1) is 0 Å². The second kappa shape index (κ2) is 5.28. The molecule has 3 nitrogen and oxygen atoms in total. The van der Waals surface area contributed by atoms with Gasteiger partial charge in [-0.05, 0) is 17.2 Å². The summed E-state index contributed by atoms with van der Waals surface area (Å²) in [5.74, 6) is 0. The summed E-state index contributed by atoms with van der Waals surface area (Å²) in [7, 11) is 1.66. The van der Waals surface area contributed by atoms with Crippen molar-refractivity contribution in [2.45, 2.75) is 6.10 Å². The van der Waals surface area contributed by atoms with Crippen LogP contribution < -0.4 is 5.56 Å². The summed E-state index contributed by atoms with van der Waals surface area (Å²) in [6.07, 6.45) is 5.56. The average molecular weight is 217 g/mol. The minimum Gasteiger partial charge on any atom is -0.384 e. The molecular weight excluding hydrogens is 202 g/mol. The fourth-order valence-electron chi connectivity index (χ4n) is 1.33. The van der Waals surface area contributed by atoms with E-state index in [-0.39, 0.29) is 5.56 Å². The molecule has 1 unspecified atom stereocenters. The minimum atomic E-state index is -0.843. The number of hydrogen-bond donors (Lipinski definition) is 1. The number of aryl methyl sites for hydroxylation is 1. The van der Waals surface area contributed by atoms with Gasteiger partial charge >= 0.3 is 0 Å². The van der Waals surface area contributed by atoms with Crippen LogP contribution in [-0.4, -0.2) is 9.67 Å². The van der Waals surface area contributed by atoms with Crippen LogP contribution in [0.5, 0.6) is 0 Å². The molecule has 1 atom stereocenters. The van der Waals surface area contributed by atoms with Crippen molar-refractivity contribution < 1.29 is 5.11 Å². The quantitative estimate of drug-likeness (QED) is 0.780. The van der Waals surface area contributed by atoms with Crippen LogP contribution in [0.15, 0.2) is 60.1 Å². The lowest BCUT2D eigenvalue weighted by Gasteiger charge is -2.12. The van der Waals surface area contributed by atoms with Gasteiger partial charge in [0.1, 0.15) is 6.10 Å². The van der Waals surface area contributed by atoms with E-state index in [4.69, 9.17) is 0 Å². The highest BCUT2D eigenvalue weighted by Gasteiger charge is 2.10. The van der Waals surface area contributed by atoms with Crippen molar-refractivity contribution >= 4 is 0 Å². The Labute approximate surface area is 94.7 Å². The third kappa shape index (κ3) is 2.58. The van der Waals surface area contributed by atoms with Crippen LogP contribution in [0.4, 0.5) is 0 Å². The first-order valence-electron chi connectivity index (χ1n) is 4.90. The lowest BCUT2D eigenvalue weighted by molar-refractivity contribution is 0.219. The average Bonchev–Trinajstić information content (AvgIpc) is 2.28. The predicted octanol–water partition coefficient (Wildman–Crippen LogP) is 1.72. The zero-order valence-electron chi connectivity index (χ0n) is 9.26. The standard InChI is InChI=1S/C13H15NO2/c1-4-6-10(5-2)13(16)11-7-8-14(3)12(15)9-11/h4-9,13,16H,1-2H2,3H3/b10-6+. The monoisotopic (exact) mass is 217 g/mol. The van der Waals surface area contributed by atoms with Crippen molar-refractivity contribution in [3.05, 3.63) is 71.2 Å². The molecule has 1 heterocycles. The highest BCUT2D eigenvalue weighted by atomic mass is 16.3. The number of aliphatic hydroxyl groups is 1. The SMILES string of the molecule is C=C/C=C(\C=C)C(O)c1ccn(C)c(=O)c1. The molecule has 0 amide bonds. The molecule has 0 bridgehead atoms. The number of nitrogens with zero attached hydrogens (tertiary/aromatic N) is 1. The van der Waals surface area contributed by atoms with Gasteiger partial charge in [-0.3, -0.25) is 4.79 Å². The number of pyridine rings is 1. The summed E-state index contributed by atoms with van der Waals surface area (Å²) < 4.78 is 1.45. The van der Waals surface area contributed by atoms with E-state index in [1.54, 1.807) is 37.5 Å². The number of aromatic nitrogens is 1. The fourth-order valence-corrected chi connectivity index (χ4v) is 1.33.